The zero-order chi connectivity index (χ0) is 11.7. The van der Waals surface area contributed by atoms with Crippen molar-refractivity contribution in [1.82, 2.24) is 0 Å². The minimum Gasteiger partial charge on any atom is -0.398 e. The average molecular weight is 319 g/mol. The Morgan fingerprint density at radius 2 is 2.12 bits per heavy atom. The molecule has 1 aromatic heterocycles. The molecule has 0 amide bonds. The van der Waals surface area contributed by atoms with Gasteiger partial charge in [-0.05, 0) is 39.5 Å². The molecule has 0 aliphatic rings. The van der Waals surface area contributed by atoms with Crippen LogP contribution in [-0.4, -0.2) is 5.11 Å². The van der Waals surface area contributed by atoms with Gasteiger partial charge in [0, 0.05) is 20.7 Å². The lowest BCUT2D eigenvalue weighted by atomic mass is 10.1. The third-order valence-electron chi connectivity index (χ3n) is 2.24. The molecule has 0 saturated heterocycles. The fourth-order valence-corrected chi connectivity index (χ4v) is 3.21. The van der Waals surface area contributed by atoms with E-state index < -0.39 is 6.10 Å². The van der Waals surface area contributed by atoms with Gasteiger partial charge in [0.05, 0.1) is 4.88 Å². The Morgan fingerprint density at radius 1 is 1.38 bits per heavy atom. The van der Waals surface area contributed by atoms with Gasteiger partial charge in [-0.25, -0.2) is 0 Å². The average Bonchev–Trinajstić information content (AvgIpc) is 2.63. The molecule has 0 aliphatic carbocycles. The summed E-state index contributed by atoms with van der Waals surface area (Å²) in [5.74, 6) is 0. The van der Waals surface area contributed by atoms with Crippen LogP contribution in [0.1, 0.15) is 16.5 Å². The van der Waals surface area contributed by atoms with Crippen molar-refractivity contribution in [2.24, 2.45) is 0 Å². The van der Waals surface area contributed by atoms with Crippen LogP contribution >= 0.6 is 38.9 Å². The summed E-state index contributed by atoms with van der Waals surface area (Å²) in [5, 5.41) is 12.7. The molecule has 1 heterocycles. The van der Waals surface area contributed by atoms with Gasteiger partial charge in [0.2, 0.25) is 0 Å². The van der Waals surface area contributed by atoms with Crippen molar-refractivity contribution in [1.29, 1.82) is 0 Å². The molecular weight excluding hydrogens is 310 g/mol. The highest BCUT2D eigenvalue weighted by atomic mass is 79.9. The van der Waals surface area contributed by atoms with Gasteiger partial charge in [0.1, 0.15) is 6.10 Å². The van der Waals surface area contributed by atoms with Crippen molar-refractivity contribution < 1.29 is 5.11 Å². The van der Waals surface area contributed by atoms with Crippen molar-refractivity contribution in [2.75, 3.05) is 5.73 Å². The zero-order valence-corrected chi connectivity index (χ0v) is 11.3. The second-order valence-corrected chi connectivity index (χ2v) is 5.55. The molecule has 5 heteroatoms. The number of nitrogens with two attached hydrogens (primary N) is 1. The Hall–Kier alpha value is -0.550. The minimum atomic E-state index is -0.716. The highest BCUT2D eigenvalue weighted by Gasteiger charge is 2.17. The molecule has 1 unspecified atom stereocenters. The molecule has 2 aromatic rings. The number of rotatable bonds is 2. The van der Waals surface area contributed by atoms with Gasteiger partial charge >= 0.3 is 0 Å². The number of halogens is 2. The topological polar surface area (TPSA) is 46.2 Å². The highest BCUT2D eigenvalue weighted by Crippen LogP contribution is 2.35. The van der Waals surface area contributed by atoms with Crippen LogP contribution in [0, 0.1) is 0 Å². The number of nitrogen functional groups attached to an aromatic ring is 1. The van der Waals surface area contributed by atoms with Crippen molar-refractivity contribution in [3.63, 3.8) is 0 Å². The number of anilines is 1. The van der Waals surface area contributed by atoms with E-state index in [0.717, 1.165) is 9.35 Å². The smallest absolute Gasteiger partial charge is 0.116 e. The van der Waals surface area contributed by atoms with Gasteiger partial charge in [0.15, 0.2) is 0 Å². The predicted molar refractivity (Wildman–Crippen MR) is 71.9 cm³/mol. The standard InChI is InChI=1S/C11H9BrClNOS/c12-8-3-4-16-11(8)10(15)7-2-1-6(13)5-9(7)14/h1-5,10,15H,14H2. The monoisotopic (exact) mass is 317 g/mol. The van der Waals surface area contributed by atoms with Crippen LogP contribution in [-0.2, 0) is 0 Å². The minimum absolute atomic E-state index is 0.500. The Kier molecular flexibility index (Phi) is 3.54. The number of aliphatic hydroxyl groups excluding tert-OH is 1. The summed E-state index contributed by atoms with van der Waals surface area (Å²) in [6.45, 7) is 0. The molecule has 2 nitrogen and oxygen atoms in total. The fourth-order valence-electron chi connectivity index (χ4n) is 1.44. The number of benzene rings is 1. The van der Waals surface area contributed by atoms with Crippen molar-refractivity contribution in [2.45, 2.75) is 6.10 Å². The van der Waals surface area contributed by atoms with E-state index in [2.05, 4.69) is 15.9 Å². The molecule has 1 atom stereocenters. The molecule has 0 spiro atoms. The lowest BCUT2D eigenvalue weighted by Crippen LogP contribution is -2.02. The maximum Gasteiger partial charge on any atom is 0.116 e. The van der Waals surface area contributed by atoms with E-state index in [1.807, 2.05) is 11.4 Å². The van der Waals surface area contributed by atoms with Gasteiger partial charge < -0.3 is 10.8 Å². The lowest BCUT2D eigenvalue weighted by Gasteiger charge is -2.12. The third-order valence-corrected chi connectivity index (χ3v) is 4.39. The Bertz CT molecular complexity index is 514. The van der Waals surface area contributed by atoms with E-state index in [1.54, 1.807) is 18.2 Å². The van der Waals surface area contributed by atoms with Gasteiger partial charge in [-0.2, -0.15) is 0 Å². The summed E-state index contributed by atoms with van der Waals surface area (Å²) >= 11 is 10.7. The van der Waals surface area contributed by atoms with Gasteiger partial charge in [-0.1, -0.05) is 17.7 Å². The predicted octanol–water partition coefficient (Wildman–Crippen LogP) is 3.83. The Balaban J connectivity index is 2.41. The van der Waals surface area contributed by atoms with Gasteiger partial charge in [-0.15, -0.1) is 11.3 Å². The van der Waals surface area contributed by atoms with Crippen LogP contribution < -0.4 is 5.73 Å². The Labute approximate surface area is 111 Å². The van der Waals surface area contributed by atoms with Crippen LogP contribution in [0.4, 0.5) is 5.69 Å². The van der Waals surface area contributed by atoms with E-state index in [-0.39, 0.29) is 0 Å². The lowest BCUT2D eigenvalue weighted by molar-refractivity contribution is 0.224. The van der Waals surface area contributed by atoms with E-state index in [1.165, 1.54) is 11.3 Å². The molecule has 3 N–H and O–H groups in total. The molecule has 0 bridgehead atoms. The van der Waals surface area contributed by atoms with Crippen LogP contribution in [0.15, 0.2) is 34.1 Å². The summed E-state index contributed by atoms with van der Waals surface area (Å²) in [5.41, 5.74) is 7.00. The summed E-state index contributed by atoms with van der Waals surface area (Å²) in [4.78, 5) is 0.842. The summed E-state index contributed by atoms with van der Waals surface area (Å²) in [6, 6.07) is 7.00. The Morgan fingerprint density at radius 3 is 2.69 bits per heavy atom. The quantitative estimate of drug-likeness (QED) is 0.827. The summed E-state index contributed by atoms with van der Waals surface area (Å²) in [6.07, 6.45) is -0.716. The molecule has 0 aliphatic heterocycles. The summed E-state index contributed by atoms with van der Waals surface area (Å²) < 4.78 is 0.888. The number of aliphatic hydroxyl groups is 1. The maximum absolute atomic E-state index is 10.2. The first-order chi connectivity index (χ1) is 7.59. The molecule has 0 fully saturated rings. The van der Waals surface area contributed by atoms with Crippen molar-refractivity contribution in [3.8, 4) is 0 Å². The molecule has 16 heavy (non-hydrogen) atoms. The van der Waals surface area contributed by atoms with Crippen LogP contribution in [0.3, 0.4) is 0 Å². The zero-order valence-electron chi connectivity index (χ0n) is 8.15. The van der Waals surface area contributed by atoms with Crippen molar-refractivity contribution in [3.05, 3.63) is 49.6 Å². The first-order valence-corrected chi connectivity index (χ1v) is 6.60. The number of thiophene rings is 1. The van der Waals surface area contributed by atoms with Crippen LogP contribution in [0.5, 0.6) is 0 Å². The van der Waals surface area contributed by atoms with Crippen LogP contribution in [0.25, 0.3) is 0 Å². The molecular formula is C11H9BrClNOS. The normalized spacial score (nSPS) is 12.7. The van der Waals surface area contributed by atoms with Gasteiger partial charge in [-0.3, -0.25) is 0 Å². The van der Waals surface area contributed by atoms with E-state index >= 15 is 0 Å². The number of hydrogen-bond acceptors (Lipinski definition) is 3. The molecule has 1 aromatic carbocycles. The maximum atomic E-state index is 10.2. The van der Waals surface area contributed by atoms with E-state index in [0.29, 0.717) is 16.3 Å². The highest BCUT2D eigenvalue weighted by molar-refractivity contribution is 9.10. The van der Waals surface area contributed by atoms with Crippen LogP contribution in [0.2, 0.25) is 5.02 Å². The molecule has 84 valence electrons. The third kappa shape index (κ3) is 2.25. The van der Waals surface area contributed by atoms with Gasteiger partial charge in [0.25, 0.3) is 0 Å². The SMILES string of the molecule is Nc1cc(Cl)ccc1C(O)c1sccc1Br. The second-order valence-electron chi connectivity index (χ2n) is 3.31. The summed E-state index contributed by atoms with van der Waals surface area (Å²) in [7, 11) is 0. The molecule has 0 radical (unpaired) electrons. The second kappa shape index (κ2) is 4.75. The molecule has 2 rings (SSSR count). The first kappa shape index (κ1) is 11.9. The largest absolute Gasteiger partial charge is 0.398 e. The van der Waals surface area contributed by atoms with E-state index in [4.69, 9.17) is 17.3 Å². The number of hydrogen-bond donors (Lipinski definition) is 2. The van der Waals surface area contributed by atoms with Crippen molar-refractivity contribution >= 4 is 44.6 Å². The first-order valence-electron chi connectivity index (χ1n) is 4.55. The molecule has 0 saturated carbocycles. The fraction of sp³-hybridized carbons (Fsp3) is 0.0909. The van der Waals surface area contributed by atoms with E-state index in [9.17, 15) is 5.11 Å².